The lowest BCUT2D eigenvalue weighted by molar-refractivity contribution is -0.148. The Hall–Kier alpha value is -0.610. The third kappa shape index (κ3) is 2.95. The zero-order chi connectivity index (χ0) is 13.9. The summed E-state index contributed by atoms with van der Waals surface area (Å²) in [5.74, 6) is 0.813. The number of piperidine rings is 1. The number of nitrogens with zero attached hydrogens (tertiary/aromatic N) is 1. The Balaban J connectivity index is 1.93. The number of carbonyl (C=O) groups excluding carboxylic acids is 1. The maximum absolute atomic E-state index is 12.0. The maximum Gasteiger partial charge on any atom is 0.326 e. The van der Waals surface area contributed by atoms with Crippen LogP contribution in [-0.2, 0) is 9.53 Å². The van der Waals surface area contributed by atoms with Gasteiger partial charge in [-0.05, 0) is 58.2 Å². The molecule has 1 N–H and O–H groups in total. The summed E-state index contributed by atoms with van der Waals surface area (Å²) in [7, 11) is 3.37. The summed E-state index contributed by atoms with van der Waals surface area (Å²) < 4.78 is 4.98. The van der Waals surface area contributed by atoms with Crippen LogP contribution in [0.4, 0.5) is 0 Å². The van der Waals surface area contributed by atoms with Crippen LogP contribution in [0.25, 0.3) is 0 Å². The fourth-order valence-electron chi connectivity index (χ4n) is 3.77. The molecule has 0 radical (unpaired) electrons. The lowest BCUT2D eigenvalue weighted by Gasteiger charge is -2.36. The smallest absolute Gasteiger partial charge is 0.326 e. The van der Waals surface area contributed by atoms with Crippen LogP contribution in [0.1, 0.15) is 45.4 Å². The molecule has 4 nitrogen and oxygen atoms in total. The van der Waals surface area contributed by atoms with Crippen molar-refractivity contribution >= 4 is 5.97 Å². The van der Waals surface area contributed by atoms with Crippen molar-refractivity contribution in [1.82, 2.24) is 10.2 Å². The van der Waals surface area contributed by atoms with Crippen LogP contribution < -0.4 is 5.32 Å². The molecule has 110 valence electrons. The van der Waals surface area contributed by atoms with Crippen LogP contribution in [-0.4, -0.2) is 49.7 Å². The third-order valence-corrected chi connectivity index (χ3v) is 5.29. The highest BCUT2D eigenvalue weighted by Crippen LogP contribution is 2.35. The molecule has 0 aromatic heterocycles. The SMILES string of the molecule is CCC1CCN(C2CCC(NC)(C(=O)OC)C2)CC1. The molecule has 1 aliphatic carbocycles. The van der Waals surface area contributed by atoms with Crippen molar-refractivity contribution in [3.63, 3.8) is 0 Å². The molecule has 2 rings (SSSR count). The molecule has 2 unspecified atom stereocenters. The van der Waals surface area contributed by atoms with E-state index in [4.69, 9.17) is 4.74 Å². The van der Waals surface area contributed by atoms with Crippen LogP contribution >= 0.6 is 0 Å². The second-order valence-electron chi connectivity index (χ2n) is 6.11. The Morgan fingerprint density at radius 3 is 2.58 bits per heavy atom. The third-order valence-electron chi connectivity index (χ3n) is 5.29. The van der Waals surface area contributed by atoms with E-state index < -0.39 is 5.54 Å². The number of likely N-dealkylation sites (N-methyl/N-ethyl adjacent to an activating group) is 1. The fourth-order valence-corrected chi connectivity index (χ4v) is 3.77. The number of likely N-dealkylation sites (tertiary alicyclic amines) is 1. The lowest BCUT2D eigenvalue weighted by Crippen LogP contribution is -2.50. The van der Waals surface area contributed by atoms with E-state index in [0.29, 0.717) is 6.04 Å². The maximum atomic E-state index is 12.0. The van der Waals surface area contributed by atoms with Crippen molar-refractivity contribution in [3.8, 4) is 0 Å². The topological polar surface area (TPSA) is 41.6 Å². The number of rotatable bonds is 4. The number of hydrogen-bond donors (Lipinski definition) is 1. The van der Waals surface area contributed by atoms with E-state index in [2.05, 4.69) is 17.1 Å². The van der Waals surface area contributed by atoms with E-state index in [1.807, 2.05) is 7.05 Å². The van der Waals surface area contributed by atoms with E-state index in [-0.39, 0.29) is 5.97 Å². The summed E-state index contributed by atoms with van der Waals surface area (Å²) in [5.41, 5.74) is -0.443. The molecule has 1 saturated heterocycles. The number of carbonyl (C=O) groups is 1. The second kappa shape index (κ2) is 6.23. The van der Waals surface area contributed by atoms with Crippen LogP contribution in [0.15, 0.2) is 0 Å². The van der Waals surface area contributed by atoms with Gasteiger partial charge in [-0.1, -0.05) is 13.3 Å². The van der Waals surface area contributed by atoms with Gasteiger partial charge in [0.2, 0.25) is 0 Å². The largest absolute Gasteiger partial charge is 0.468 e. The van der Waals surface area contributed by atoms with Crippen molar-refractivity contribution in [1.29, 1.82) is 0 Å². The van der Waals surface area contributed by atoms with E-state index in [0.717, 1.165) is 25.2 Å². The Kier molecular flexibility index (Phi) is 4.85. The summed E-state index contributed by atoms with van der Waals surface area (Å²) in [4.78, 5) is 14.6. The van der Waals surface area contributed by atoms with Crippen LogP contribution in [0.5, 0.6) is 0 Å². The van der Waals surface area contributed by atoms with Crippen molar-refractivity contribution in [2.75, 3.05) is 27.2 Å². The van der Waals surface area contributed by atoms with E-state index >= 15 is 0 Å². The van der Waals surface area contributed by atoms with Crippen LogP contribution in [0, 0.1) is 5.92 Å². The predicted molar refractivity (Wildman–Crippen MR) is 76.0 cm³/mol. The quantitative estimate of drug-likeness (QED) is 0.789. The van der Waals surface area contributed by atoms with Crippen molar-refractivity contribution < 1.29 is 9.53 Å². The van der Waals surface area contributed by atoms with E-state index in [9.17, 15) is 4.79 Å². The average Bonchev–Trinajstić information content (AvgIpc) is 2.92. The lowest BCUT2D eigenvalue weighted by atomic mass is 9.92. The van der Waals surface area contributed by atoms with Gasteiger partial charge in [0.1, 0.15) is 5.54 Å². The molecule has 4 heteroatoms. The van der Waals surface area contributed by atoms with Gasteiger partial charge in [-0.15, -0.1) is 0 Å². The van der Waals surface area contributed by atoms with Gasteiger partial charge in [-0.2, -0.15) is 0 Å². The Labute approximate surface area is 116 Å². The van der Waals surface area contributed by atoms with Crippen molar-refractivity contribution in [2.45, 2.75) is 57.0 Å². The molecule has 0 aromatic rings. The van der Waals surface area contributed by atoms with Gasteiger partial charge < -0.3 is 15.0 Å². The highest BCUT2D eigenvalue weighted by molar-refractivity contribution is 5.81. The molecular formula is C15H28N2O2. The van der Waals surface area contributed by atoms with E-state index in [1.54, 1.807) is 0 Å². The van der Waals surface area contributed by atoms with Crippen LogP contribution in [0.3, 0.4) is 0 Å². The Bertz CT molecular complexity index is 313. The normalized spacial score (nSPS) is 33.5. The first kappa shape index (κ1) is 14.8. The Morgan fingerprint density at radius 1 is 1.37 bits per heavy atom. The van der Waals surface area contributed by atoms with E-state index in [1.165, 1.54) is 39.5 Å². The minimum absolute atomic E-state index is 0.0963. The first-order valence-corrected chi connectivity index (χ1v) is 7.66. The molecule has 19 heavy (non-hydrogen) atoms. The van der Waals surface area contributed by atoms with Gasteiger partial charge in [0.05, 0.1) is 7.11 Å². The van der Waals surface area contributed by atoms with Crippen LogP contribution in [0.2, 0.25) is 0 Å². The molecular weight excluding hydrogens is 240 g/mol. The Morgan fingerprint density at radius 2 is 2.05 bits per heavy atom. The predicted octanol–water partition coefficient (Wildman–Crippen LogP) is 1.79. The van der Waals surface area contributed by atoms with Gasteiger partial charge in [0.15, 0.2) is 0 Å². The first-order chi connectivity index (χ1) is 9.15. The standard InChI is InChI=1S/C15H28N2O2/c1-4-12-6-9-17(10-7-12)13-5-8-15(11-13,16-2)14(18)19-3/h12-13,16H,4-11H2,1-3H3. The number of ether oxygens (including phenoxy) is 1. The number of hydrogen-bond acceptors (Lipinski definition) is 4. The fraction of sp³-hybridized carbons (Fsp3) is 0.933. The van der Waals surface area contributed by atoms with Gasteiger partial charge >= 0.3 is 5.97 Å². The zero-order valence-corrected chi connectivity index (χ0v) is 12.6. The minimum Gasteiger partial charge on any atom is -0.468 e. The number of methoxy groups -OCH3 is 1. The van der Waals surface area contributed by atoms with Gasteiger partial charge in [-0.25, -0.2) is 0 Å². The summed E-state index contributed by atoms with van der Waals surface area (Å²) in [6.45, 7) is 4.69. The highest BCUT2D eigenvalue weighted by Gasteiger charge is 2.46. The highest BCUT2D eigenvalue weighted by atomic mass is 16.5. The average molecular weight is 268 g/mol. The molecule has 1 aliphatic heterocycles. The summed E-state index contributed by atoms with van der Waals surface area (Å²) in [6.07, 6.45) is 6.84. The molecule has 2 aliphatic rings. The zero-order valence-electron chi connectivity index (χ0n) is 12.6. The number of esters is 1. The molecule has 1 heterocycles. The van der Waals surface area contributed by atoms with Gasteiger partial charge in [0.25, 0.3) is 0 Å². The molecule has 2 atom stereocenters. The molecule has 0 bridgehead atoms. The molecule has 0 amide bonds. The van der Waals surface area contributed by atoms with Gasteiger partial charge in [-0.3, -0.25) is 4.79 Å². The summed E-state index contributed by atoms with van der Waals surface area (Å²) in [6, 6.07) is 0.546. The number of nitrogens with one attached hydrogen (secondary N) is 1. The van der Waals surface area contributed by atoms with Crippen molar-refractivity contribution in [3.05, 3.63) is 0 Å². The molecule has 0 spiro atoms. The molecule has 1 saturated carbocycles. The monoisotopic (exact) mass is 268 g/mol. The molecule has 0 aromatic carbocycles. The minimum atomic E-state index is -0.443. The summed E-state index contributed by atoms with van der Waals surface area (Å²) >= 11 is 0. The molecule has 2 fully saturated rings. The second-order valence-corrected chi connectivity index (χ2v) is 6.11. The summed E-state index contributed by atoms with van der Waals surface area (Å²) in [5, 5.41) is 3.22. The van der Waals surface area contributed by atoms with Gasteiger partial charge in [0, 0.05) is 6.04 Å². The first-order valence-electron chi connectivity index (χ1n) is 7.66. The van der Waals surface area contributed by atoms with Crippen molar-refractivity contribution in [2.24, 2.45) is 5.92 Å².